The monoisotopic (exact) mass is 600 g/mol. The van der Waals surface area contributed by atoms with Gasteiger partial charge in [-0.25, -0.2) is 0 Å². The van der Waals surface area contributed by atoms with Gasteiger partial charge >= 0.3 is 5.97 Å². The smallest absolute Gasteiger partial charge is 0.309 e. The van der Waals surface area contributed by atoms with Crippen LogP contribution in [0.25, 0.3) is 0 Å². The molecule has 1 aliphatic heterocycles. The van der Waals surface area contributed by atoms with Crippen molar-refractivity contribution in [1.29, 1.82) is 0 Å². The lowest BCUT2D eigenvalue weighted by Crippen LogP contribution is -2.60. The zero-order valence-corrected chi connectivity index (χ0v) is 24.5. The van der Waals surface area contributed by atoms with Gasteiger partial charge in [-0.2, -0.15) is 0 Å². The number of hydrogen-bond acceptors (Lipinski definition) is 7. The van der Waals surface area contributed by atoms with Crippen LogP contribution < -0.4 is 32.7 Å². The van der Waals surface area contributed by atoms with Gasteiger partial charge in [0, 0.05) is 20.0 Å². The first-order chi connectivity index (χ1) is 20.3. The van der Waals surface area contributed by atoms with E-state index in [2.05, 4.69) is 26.3 Å². The second-order valence-corrected chi connectivity index (χ2v) is 11.2. The van der Waals surface area contributed by atoms with Crippen molar-refractivity contribution in [2.75, 3.05) is 20.1 Å². The fourth-order valence-electron chi connectivity index (χ4n) is 5.27. The van der Waals surface area contributed by atoms with Crippen molar-refractivity contribution >= 4 is 41.5 Å². The minimum absolute atomic E-state index is 0.0391. The molecule has 15 heteroatoms. The highest BCUT2D eigenvalue weighted by Crippen LogP contribution is 2.44. The number of aliphatic imine (C=N–C) groups is 1. The van der Waals surface area contributed by atoms with Crippen LogP contribution in [0.5, 0.6) is 0 Å². The van der Waals surface area contributed by atoms with Gasteiger partial charge in [0.2, 0.25) is 29.5 Å². The number of guanidine groups is 1. The van der Waals surface area contributed by atoms with Crippen LogP contribution in [-0.2, 0) is 35.2 Å². The van der Waals surface area contributed by atoms with Crippen LogP contribution in [0, 0.1) is 11.8 Å². The molecule has 1 saturated heterocycles. The van der Waals surface area contributed by atoms with Crippen molar-refractivity contribution in [1.82, 2.24) is 26.2 Å². The summed E-state index contributed by atoms with van der Waals surface area (Å²) in [5.74, 6) is -6.63. The second-order valence-electron chi connectivity index (χ2n) is 11.2. The maximum atomic E-state index is 13.9. The molecular weight excluding hydrogens is 560 g/mol. The summed E-state index contributed by atoms with van der Waals surface area (Å²) in [5.41, 5.74) is 9.63. The zero-order valence-electron chi connectivity index (χ0n) is 24.5. The minimum atomic E-state index is -1.81. The predicted octanol–water partition coefficient (Wildman–Crippen LogP) is -2.18. The first-order valence-electron chi connectivity index (χ1n) is 14.1. The molecule has 0 aromatic heterocycles. The molecular formula is C28H40N8O7. The van der Waals surface area contributed by atoms with Gasteiger partial charge in [-0.05, 0) is 30.7 Å². The van der Waals surface area contributed by atoms with Crippen molar-refractivity contribution in [3.8, 4) is 0 Å². The summed E-state index contributed by atoms with van der Waals surface area (Å²) in [6.07, 6.45) is 0.264. The van der Waals surface area contributed by atoms with E-state index in [9.17, 15) is 33.9 Å². The third-order valence-corrected chi connectivity index (χ3v) is 7.58. The van der Waals surface area contributed by atoms with E-state index in [0.29, 0.717) is 12.0 Å². The minimum Gasteiger partial charge on any atom is -0.481 e. The summed E-state index contributed by atoms with van der Waals surface area (Å²) in [6.45, 7) is 3.07. The number of benzene rings is 1. The Bertz CT molecular complexity index is 1270. The van der Waals surface area contributed by atoms with Gasteiger partial charge in [0.1, 0.15) is 23.7 Å². The fraction of sp³-hybridized carbons (Fsp3) is 0.536. The lowest BCUT2D eigenvalue weighted by molar-refractivity contribution is -0.144. The SMILES string of the molecule is CC(C)[C@H]1C(=O)N[C@@H](CCCN=C(N)N)C(=O)NCC(=O)NC2(CC2C(=O)O)C(=O)N[C@H](Cc2ccccc2)C(=O)N1C. The molecule has 1 aromatic rings. The van der Waals surface area contributed by atoms with E-state index in [1.54, 1.807) is 44.2 Å². The first kappa shape index (κ1) is 32.8. The Hall–Kier alpha value is -4.69. The number of hydrogen-bond donors (Lipinski definition) is 7. The number of amides is 5. The molecule has 15 nitrogen and oxygen atoms in total. The van der Waals surface area contributed by atoms with Crippen molar-refractivity contribution < 1.29 is 33.9 Å². The van der Waals surface area contributed by atoms with E-state index in [1.165, 1.54) is 11.9 Å². The molecule has 2 aliphatic rings. The number of carbonyl (C=O) groups excluding carboxylic acids is 5. The third-order valence-electron chi connectivity index (χ3n) is 7.58. The van der Waals surface area contributed by atoms with Crippen molar-refractivity contribution in [2.24, 2.45) is 28.3 Å². The lowest BCUT2D eigenvalue weighted by Gasteiger charge is -2.34. The number of carboxylic acid groups (broad SMARTS) is 1. The molecule has 0 radical (unpaired) electrons. The highest BCUT2D eigenvalue weighted by molar-refractivity contribution is 6.03. The van der Waals surface area contributed by atoms with E-state index < -0.39 is 77.6 Å². The van der Waals surface area contributed by atoms with E-state index in [0.717, 1.165) is 0 Å². The molecule has 0 bridgehead atoms. The molecule has 5 atom stereocenters. The largest absolute Gasteiger partial charge is 0.481 e. The number of nitrogens with two attached hydrogens (primary N) is 2. The number of carbonyl (C=O) groups is 6. The Labute approximate surface area is 249 Å². The zero-order chi connectivity index (χ0) is 31.9. The Balaban J connectivity index is 2.00. The van der Waals surface area contributed by atoms with Crippen molar-refractivity contribution in [3.63, 3.8) is 0 Å². The molecule has 2 fully saturated rings. The summed E-state index contributed by atoms with van der Waals surface area (Å²) in [6, 6.07) is 5.51. The number of carboxylic acids is 1. The lowest BCUT2D eigenvalue weighted by atomic mass is 9.98. The van der Waals surface area contributed by atoms with Crippen LogP contribution in [0.3, 0.4) is 0 Å². The maximum absolute atomic E-state index is 13.9. The first-order valence-corrected chi connectivity index (χ1v) is 14.1. The number of likely N-dealkylation sites (N-methyl/N-ethyl adjacent to an activating group) is 1. The summed E-state index contributed by atoms with van der Waals surface area (Å²) in [4.78, 5) is 84.1. The number of aliphatic carboxylic acids is 1. The van der Waals surface area contributed by atoms with Gasteiger partial charge in [-0.3, -0.25) is 33.8 Å². The quantitative estimate of drug-likeness (QED) is 0.0974. The van der Waals surface area contributed by atoms with Crippen LogP contribution in [0.1, 0.15) is 38.7 Å². The number of nitrogens with zero attached hydrogens (tertiary/aromatic N) is 2. The molecule has 3 rings (SSSR count). The van der Waals surface area contributed by atoms with E-state index in [4.69, 9.17) is 11.5 Å². The molecule has 234 valence electrons. The third kappa shape index (κ3) is 8.20. The van der Waals surface area contributed by atoms with Gasteiger partial charge in [0.15, 0.2) is 5.96 Å². The maximum Gasteiger partial charge on any atom is 0.309 e. The van der Waals surface area contributed by atoms with Crippen LogP contribution in [-0.4, -0.2) is 95.3 Å². The van der Waals surface area contributed by atoms with E-state index in [1.807, 2.05) is 0 Å². The molecule has 5 amide bonds. The van der Waals surface area contributed by atoms with Crippen LogP contribution in [0.15, 0.2) is 35.3 Å². The summed E-state index contributed by atoms with van der Waals surface area (Å²) >= 11 is 0. The normalized spacial score (nSPS) is 26.9. The summed E-state index contributed by atoms with van der Waals surface area (Å²) in [7, 11) is 1.43. The Kier molecular flexibility index (Phi) is 10.7. The fourth-order valence-corrected chi connectivity index (χ4v) is 5.27. The number of rotatable bonds is 8. The van der Waals surface area contributed by atoms with Crippen LogP contribution in [0.2, 0.25) is 0 Å². The van der Waals surface area contributed by atoms with Gasteiger partial charge in [0.25, 0.3) is 0 Å². The van der Waals surface area contributed by atoms with Crippen LogP contribution in [0.4, 0.5) is 0 Å². The predicted molar refractivity (Wildman–Crippen MR) is 155 cm³/mol. The van der Waals surface area contributed by atoms with Crippen molar-refractivity contribution in [3.05, 3.63) is 35.9 Å². The average molecular weight is 601 g/mol. The summed E-state index contributed by atoms with van der Waals surface area (Å²) in [5, 5.41) is 19.9. The Morgan fingerprint density at radius 2 is 1.74 bits per heavy atom. The highest BCUT2D eigenvalue weighted by atomic mass is 16.4. The van der Waals surface area contributed by atoms with Crippen molar-refractivity contribution in [2.45, 2.75) is 63.2 Å². The molecule has 1 saturated carbocycles. The van der Waals surface area contributed by atoms with Gasteiger partial charge < -0.3 is 42.7 Å². The standard InChI is InChI=1S/C28H40N8O7/c1-15(2)21-23(39)33-18(10-7-11-31-27(29)30)22(38)32-14-20(37)35-28(13-17(28)25(41)42)26(43)34-19(24(40)36(21)3)12-16-8-5-4-6-9-16/h4-6,8-9,15,17-19,21H,7,10-14H2,1-3H3,(H,32,38)(H,33,39)(H,34,43)(H,35,37)(H,41,42)(H4,29,30,31)/t17?,18-,19+,21-,28?/m0/s1. The second kappa shape index (κ2) is 14.0. The average Bonchev–Trinajstić information content (AvgIpc) is 3.68. The molecule has 1 aromatic carbocycles. The van der Waals surface area contributed by atoms with E-state index >= 15 is 0 Å². The Morgan fingerprint density at radius 1 is 1.07 bits per heavy atom. The van der Waals surface area contributed by atoms with Gasteiger partial charge in [-0.1, -0.05) is 44.2 Å². The Morgan fingerprint density at radius 3 is 2.33 bits per heavy atom. The topological polar surface area (TPSA) is 238 Å². The molecule has 9 N–H and O–H groups in total. The molecule has 2 unspecified atom stereocenters. The molecule has 1 heterocycles. The number of nitrogens with one attached hydrogen (secondary N) is 4. The molecule has 43 heavy (non-hydrogen) atoms. The summed E-state index contributed by atoms with van der Waals surface area (Å²) < 4.78 is 0. The van der Waals surface area contributed by atoms with Crippen LogP contribution >= 0.6 is 0 Å². The van der Waals surface area contributed by atoms with E-state index in [-0.39, 0.29) is 31.8 Å². The van der Waals surface area contributed by atoms with Gasteiger partial charge in [0.05, 0.1) is 12.5 Å². The molecule has 1 aliphatic carbocycles. The highest BCUT2D eigenvalue weighted by Gasteiger charge is 2.65. The van der Waals surface area contributed by atoms with Gasteiger partial charge in [-0.15, -0.1) is 0 Å². The molecule has 1 spiro atoms.